The molecule has 0 aromatic carbocycles. The molecule has 0 amide bonds. The van der Waals surface area contributed by atoms with Crippen LogP contribution in [0.2, 0.25) is 0 Å². The van der Waals surface area contributed by atoms with E-state index in [1.165, 1.54) is 4.88 Å². The molecule has 0 aliphatic heterocycles. The smallest absolute Gasteiger partial charge is 0.0767 e. The Hall–Kier alpha value is -0.380. The van der Waals surface area contributed by atoms with E-state index in [0.29, 0.717) is 0 Å². The van der Waals surface area contributed by atoms with E-state index in [-0.39, 0.29) is 5.54 Å². The third-order valence-corrected chi connectivity index (χ3v) is 3.69. The van der Waals surface area contributed by atoms with E-state index in [1.807, 2.05) is 33.8 Å². The molecule has 0 fully saturated rings. The highest BCUT2D eigenvalue weighted by atomic mass is 32.1. The van der Waals surface area contributed by atoms with E-state index in [9.17, 15) is 5.11 Å². The van der Waals surface area contributed by atoms with Crippen molar-refractivity contribution in [1.82, 2.24) is 5.32 Å². The lowest BCUT2D eigenvalue weighted by Crippen LogP contribution is -2.55. The minimum absolute atomic E-state index is 0.281. The first kappa shape index (κ1) is 11.7. The van der Waals surface area contributed by atoms with Gasteiger partial charge in [-0.3, -0.25) is 0 Å². The molecular weight excluding hydrogens is 194 g/mol. The van der Waals surface area contributed by atoms with Crippen LogP contribution in [0.25, 0.3) is 0 Å². The molecule has 1 aromatic rings. The molecule has 0 saturated carbocycles. The van der Waals surface area contributed by atoms with Crippen molar-refractivity contribution in [2.24, 2.45) is 0 Å². The van der Waals surface area contributed by atoms with E-state index in [0.717, 1.165) is 6.54 Å². The maximum Gasteiger partial charge on any atom is 0.0767 e. The van der Waals surface area contributed by atoms with E-state index >= 15 is 0 Å². The van der Waals surface area contributed by atoms with Gasteiger partial charge in [0, 0.05) is 17.0 Å². The van der Waals surface area contributed by atoms with Gasteiger partial charge in [-0.1, -0.05) is 6.07 Å². The maximum absolute atomic E-state index is 9.91. The van der Waals surface area contributed by atoms with Gasteiger partial charge in [-0.15, -0.1) is 11.3 Å². The largest absolute Gasteiger partial charge is 0.389 e. The fourth-order valence-corrected chi connectivity index (χ4v) is 1.58. The summed E-state index contributed by atoms with van der Waals surface area (Å²) in [6, 6.07) is 4.14. The first-order valence-corrected chi connectivity index (χ1v) is 5.71. The summed E-state index contributed by atoms with van der Waals surface area (Å²) >= 11 is 1.73. The van der Waals surface area contributed by atoms with Gasteiger partial charge in [0.15, 0.2) is 0 Å². The highest BCUT2D eigenvalue weighted by Gasteiger charge is 2.34. The van der Waals surface area contributed by atoms with Crippen molar-refractivity contribution in [3.63, 3.8) is 0 Å². The molecular formula is C11H19NOS. The number of nitrogens with one attached hydrogen (secondary N) is 1. The molecule has 3 heteroatoms. The Bertz CT molecular complexity index is 272. The lowest BCUT2D eigenvalue weighted by Gasteiger charge is -2.38. The van der Waals surface area contributed by atoms with Gasteiger partial charge in [0.2, 0.25) is 0 Å². The number of rotatable bonds is 4. The van der Waals surface area contributed by atoms with Crippen molar-refractivity contribution >= 4 is 11.3 Å². The summed E-state index contributed by atoms with van der Waals surface area (Å²) in [4.78, 5) is 1.29. The fourth-order valence-electron chi connectivity index (χ4n) is 0.938. The zero-order valence-electron chi connectivity index (χ0n) is 9.29. The van der Waals surface area contributed by atoms with Crippen LogP contribution in [0.1, 0.15) is 32.6 Å². The van der Waals surface area contributed by atoms with Gasteiger partial charge in [0.25, 0.3) is 0 Å². The van der Waals surface area contributed by atoms with Crippen molar-refractivity contribution in [2.45, 2.75) is 45.4 Å². The van der Waals surface area contributed by atoms with Crippen LogP contribution in [0.5, 0.6) is 0 Å². The van der Waals surface area contributed by atoms with Gasteiger partial charge in [0.05, 0.1) is 5.60 Å². The van der Waals surface area contributed by atoms with Crippen molar-refractivity contribution in [2.75, 3.05) is 0 Å². The first-order valence-electron chi connectivity index (χ1n) is 4.83. The molecule has 0 atom stereocenters. The lowest BCUT2D eigenvalue weighted by atomic mass is 9.86. The average molecular weight is 213 g/mol. The highest BCUT2D eigenvalue weighted by molar-refractivity contribution is 7.09. The van der Waals surface area contributed by atoms with Crippen molar-refractivity contribution in [3.05, 3.63) is 22.4 Å². The summed E-state index contributed by atoms with van der Waals surface area (Å²) in [5, 5.41) is 15.3. The molecule has 2 nitrogen and oxygen atoms in total. The summed E-state index contributed by atoms with van der Waals surface area (Å²) in [5.74, 6) is 0. The van der Waals surface area contributed by atoms with Gasteiger partial charge < -0.3 is 10.4 Å². The zero-order chi connectivity index (χ0) is 10.8. The van der Waals surface area contributed by atoms with Gasteiger partial charge >= 0.3 is 0 Å². The molecule has 14 heavy (non-hydrogen) atoms. The fraction of sp³-hybridized carbons (Fsp3) is 0.636. The minimum Gasteiger partial charge on any atom is -0.389 e. The van der Waals surface area contributed by atoms with E-state index < -0.39 is 5.60 Å². The molecule has 0 unspecified atom stereocenters. The second-order valence-electron chi connectivity index (χ2n) is 4.62. The van der Waals surface area contributed by atoms with Crippen LogP contribution < -0.4 is 5.32 Å². The maximum atomic E-state index is 9.91. The Morgan fingerprint density at radius 2 is 2.00 bits per heavy atom. The minimum atomic E-state index is -0.718. The third kappa shape index (κ3) is 2.80. The van der Waals surface area contributed by atoms with Crippen molar-refractivity contribution in [1.29, 1.82) is 0 Å². The number of aliphatic hydroxyl groups is 1. The lowest BCUT2D eigenvalue weighted by molar-refractivity contribution is -0.00520. The Labute approximate surface area is 90.0 Å². The van der Waals surface area contributed by atoms with Crippen LogP contribution in [-0.2, 0) is 6.54 Å². The topological polar surface area (TPSA) is 32.3 Å². The van der Waals surface area contributed by atoms with E-state index in [2.05, 4.69) is 16.8 Å². The van der Waals surface area contributed by atoms with E-state index in [1.54, 1.807) is 11.3 Å². The first-order chi connectivity index (χ1) is 6.33. The average Bonchev–Trinajstić information content (AvgIpc) is 2.50. The molecule has 2 N–H and O–H groups in total. The molecule has 1 aromatic heterocycles. The van der Waals surface area contributed by atoms with Gasteiger partial charge in [-0.25, -0.2) is 0 Å². The molecule has 0 aliphatic carbocycles. The van der Waals surface area contributed by atoms with E-state index in [4.69, 9.17) is 0 Å². The molecule has 0 spiro atoms. The van der Waals surface area contributed by atoms with Gasteiger partial charge in [-0.2, -0.15) is 0 Å². The molecule has 0 aliphatic rings. The Morgan fingerprint density at radius 3 is 2.43 bits per heavy atom. The van der Waals surface area contributed by atoms with Crippen molar-refractivity contribution < 1.29 is 5.11 Å². The van der Waals surface area contributed by atoms with Crippen LogP contribution in [-0.4, -0.2) is 16.2 Å². The number of thiophene rings is 1. The Morgan fingerprint density at radius 1 is 1.36 bits per heavy atom. The standard InChI is InChI=1S/C11H19NOS/c1-10(2,11(3,4)13)12-8-9-6-5-7-14-9/h5-7,12-13H,8H2,1-4H3. The predicted molar refractivity (Wildman–Crippen MR) is 61.5 cm³/mol. The van der Waals surface area contributed by atoms with Gasteiger partial charge in [0.1, 0.15) is 0 Å². The van der Waals surface area contributed by atoms with Crippen LogP contribution in [0.4, 0.5) is 0 Å². The third-order valence-electron chi connectivity index (χ3n) is 2.81. The summed E-state index contributed by atoms with van der Waals surface area (Å²) in [7, 11) is 0. The van der Waals surface area contributed by atoms with Crippen molar-refractivity contribution in [3.8, 4) is 0 Å². The second-order valence-corrected chi connectivity index (χ2v) is 5.65. The SMILES string of the molecule is CC(C)(O)C(C)(C)NCc1cccs1. The summed E-state index contributed by atoms with van der Waals surface area (Å²) in [5.41, 5.74) is -0.999. The second kappa shape index (κ2) is 4.01. The molecule has 0 saturated heterocycles. The van der Waals surface area contributed by atoms with Gasteiger partial charge in [-0.05, 0) is 39.1 Å². The van der Waals surface area contributed by atoms with Crippen LogP contribution in [0.3, 0.4) is 0 Å². The van der Waals surface area contributed by atoms with Crippen LogP contribution in [0.15, 0.2) is 17.5 Å². The summed E-state index contributed by atoms with van der Waals surface area (Å²) < 4.78 is 0. The molecule has 1 rings (SSSR count). The quantitative estimate of drug-likeness (QED) is 0.805. The number of hydrogen-bond donors (Lipinski definition) is 2. The Kier molecular flexibility index (Phi) is 3.35. The normalized spacial score (nSPS) is 13.2. The monoisotopic (exact) mass is 213 g/mol. The highest BCUT2D eigenvalue weighted by Crippen LogP contribution is 2.21. The van der Waals surface area contributed by atoms with Crippen LogP contribution in [0, 0.1) is 0 Å². The van der Waals surface area contributed by atoms with Crippen LogP contribution >= 0.6 is 11.3 Å². The molecule has 1 heterocycles. The predicted octanol–water partition coefficient (Wildman–Crippen LogP) is 2.39. The summed E-state index contributed by atoms with van der Waals surface area (Å²) in [6.45, 7) is 8.50. The summed E-state index contributed by atoms with van der Waals surface area (Å²) in [6.07, 6.45) is 0. The molecule has 80 valence electrons. The number of hydrogen-bond acceptors (Lipinski definition) is 3. The molecule has 0 bridgehead atoms. The Balaban J connectivity index is 2.53. The molecule has 0 radical (unpaired) electrons. The zero-order valence-corrected chi connectivity index (χ0v) is 10.1.